The number of rotatable bonds is 6. The minimum atomic E-state index is -0.527. The Morgan fingerprint density at radius 1 is 1.41 bits per heavy atom. The zero-order valence-corrected chi connectivity index (χ0v) is 11.7. The number of carbonyl (C=O) groups excluding carboxylic acids is 1. The first-order valence-electron chi connectivity index (χ1n) is 5.69. The zero-order chi connectivity index (χ0) is 12.7. The Hall–Kier alpha value is -1.03. The molecule has 0 unspecified atom stereocenters. The second kappa shape index (κ2) is 7.33. The van der Waals surface area contributed by atoms with E-state index in [0.717, 1.165) is 10.9 Å². The van der Waals surface area contributed by atoms with Gasteiger partial charge in [0.05, 0.1) is 6.61 Å². The van der Waals surface area contributed by atoms with Gasteiger partial charge in [-0.2, -0.15) is 0 Å². The summed E-state index contributed by atoms with van der Waals surface area (Å²) in [5.74, 6) is 0.390. The molecule has 0 aliphatic heterocycles. The molecule has 1 aromatic carbocycles. The average molecular weight is 301 g/mol. The van der Waals surface area contributed by atoms with Gasteiger partial charge in [0.25, 0.3) is 0 Å². The molecule has 0 bridgehead atoms. The molecule has 0 fully saturated rings. The molecule has 0 saturated heterocycles. The second-order valence-electron chi connectivity index (χ2n) is 3.55. The van der Waals surface area contributed by atoms with Crippen LogP contribution in [0.1, 0.15) is 25.8 Å². The number of ether oxygens (including phenoxy) is 2. The Bertz CT molecular complexity index is 365. The van der Waals surface area contributed by atoms with Crippen molar-refractivity contribution in [2.45, 2.75) is 31.7 Å². The Balaban J connectivity index is 2.69. The largest absolute Gasteiger partial charge is 0.479 e. The number of alkyl halides is 1. The normalized spacial score (nSPS) is 11.9. The molecular formula is C13H17BrO3. The molecule has 17 heavy (non-hydrogen) atoms. The topological polar surface area (TPSA) is 35.5 Å². The number of carbonyl (C=O) groups is 1. The van der Waals surface area contributed by atoms with Crippen molar-refractivity contribution >= 4 is 21.9 Å². The lowest BCUT2D eigenvalue weighted by Gasteiger charge is -2.16. The van der Waals surface area contributed by atoms with Crippen molar-refractivity contribution < 1.29 is 14.3 Å². The molecule has 4 heteroatoms. The van der Waals surface area contributed by atoms with E-state index in [9.17, 15) is 4.79 Å². The fraction of sp³-hybridized carbons (Fsp3) is 0.462. The van der Waals surface area contributed by atoms with Crippen LogP contribution in [0.25, 0.3) is 0 Å². The number of hydrogen-bond acceptors (Lipinski definition) is 3. The standard InChI is InChI=1S/C13H17BrO3/c1-3-12(13(15)16-4-2)17-11-7-5-6-10(8-11)9-14/h5-8,12H,3-4,9H2,1-2H3/t12-/m1/s1. The summed E-state index contributed by atoms with van der Waals surface area (Å²) in [7, 11) is 0. The molecule has 94 valence electrons. The fourth-order valence-electron chi connectivity index (χ4n) is 1.40. The molecule has 0 aliphatic rings. The first kappa shape index (κ1) is 14.0. The Labute approximate surface area is 110 Å². The van der Waals surface area contributed by atoms with Gasteiger partial charge in [0.2, 0.25) is 0 Å². The molecule has 0 heterocycles. The van der Waals surface area contributed by atoms with Gasteiger partial charge < -0.3 is 9.47 Å². The molecule has 0 spiro atoms. The van der Waals surface area contributed by atoms with Crippen LogP contribution in [-0.4, -0.2) is 18.7 Å². The summed E-state index contributed by atoms with van der Waals surface area (Å²) in [5, 5.41) is 0.764. The van der Waals surface area contributed by atoms with Crippen LogP contribution in [0.3, 0.4) is 0 Å². The molecule has 1 rings (SSSR count). The maximum absolute atomic E-state index is 11.6. The SMILES string of the molecule is CCOC(=O)[C@@H](CC)Oc1cccc(CBr)c1. The van der Waals surface area contributed by atoms with Crippen LogP contribution >= 0.6 is 15.9 Å². The first-order chi connectivity index (χ1) is 8.21. The van der Waals surface area contributed by atoms with Gasteiger partial charge in [-0.15, -0.1) is 0 Å². The third kappa shape index (κ3) is 4.38. The highest BCUT2D eigenvalue weighted by molar-refractivity contribution is 9.08. The zero-order valence-electron chi connectivity index (χ0n) is 10.1. The predicted octanol–water partition coefficient (Wildman–Crippen LogP) is 3.30. The average Bonchev–Trinajstić information content (AvgIpc) is 2.36. The molecule has 0 saturated carbocycles. The molecular weight excluding hydrogens is 284 g/mol. The fourth-order valence-corrected chi connectivity index (χ4v) is 1.75. The van der Waals surface area contributed by atoms with Crippen molar-refractivity contribution in [2.75, 3.05) is 6.61 Å². The molecule has 0 amide bonds. The molecule has 0 radical (unpaired) electrons. The van der Waals surface area contributed by atoms with Crippen LogP contribution in [0.15, 0.2) is 24.3 Å². The molecule has 0 aromatic heterocycles. The van der Waals surface area contributed by atoms with Crippen molar-refractivity contribution in [3.05, 3.63) is 29.8 Å². The number of benzene rings is 1. The van der Waals surface area contributed by atoms with E-state index in [1.165, 1.54) is 0 Å². The van der Waals surface area contributed by atoms with E-state index in [1.54, 1.807) is 6.92 Å². The molecule has 0 aliphatic carbocycles. The molecule has 0 N–H and O–H groups in total. The Morgan fingerprint density at radius 2 is 2.18 bits per heavy atom. The minimum Gasteiger partial charge on any atom is -0.479 e. The van der Waals surface area contributed by atoms with E-state index >= 15 is 0 Å². The number of hydrogen-bond donors (Lipinski definition) is 0. The van der Waals surface area contributed by atoms with Crippen LogP contribution in [0.5, 0.6) is 5.75 Å². The Kier molecular flexibility index (Phi) is 6.05. The number of esters is 1. The van der Waals surface area contributed by atoms with Crippen molar-refractivity contribution in [2.24, 2.45) is 0 Å². The van der Waals surface area contributed by atoms with E-state index in [4.69, 9.17) is 9.47 Å². The van der Waals surface area contributed by atoms with Crippen molar-refractivity contribution in [1.29, 1.82) is 0 Å². The summed E-state index contributed by atoms with van der Waals surface area (Å²) in [5.41, 5.74) is 1.11. The first-order valence-corrected chi connectivity index (χ1v) is 6.81. The van der Waals surface area contributed by atoms with Crippen LogP contribution in [0.4, 0.5) is 0 Å². The van der Waals surface area contributed by atoms with Gasteiger partial charge >= 0.3 is 5.97 Å². The summed E-state index contributed by atoms with van der Waals surface area (Å²) < 4.78 is 10.6. The summed E-state index contributed by atoms with van der Waals surface area (Å²) in [6, 6.07) is 7.65. The van der Waals surface area contributed by atoms with Gasteiger partial charge in [-0.1, -0.05) is 35.0 Å². The van der Waals surface area contributed by atoms with Crippen LogP contribution in [0.2, 0.25) is 0 Å². The van der Waals surface area contributed by atoms with E-state index in [2.05, 4.69) is 15.9 Å². The molecule has 1 atom stereocenters. The highest BCUT2D eigenvalue weighted by atomic mass is 79.9. The third-order valence-corrected chi connectivity index (χ3v) is 2.90. The monoisotopic (exact) mass is 300 g/mol. The summed E-state index contributed by atoms with van der Waals surface area (Å²) in [4.78, 5) is 11.6. The molecule has 3 nitrogen and oxygen atoms in total. The van der Waals surface area contributed by atoms with Crippen LogP contribution < -0.4 is 4.74 Å². The van der Waals surface area contributed by atoms with Crippen molar-refractivity contribution in [1.82, 2.24) is 0 Å². The molecule has 1 aromatic rings. The number of halogens is 1. The highest BCUT2D eigenvalue weighted by Gasteiger charge is 2.19. The summed E-state index contributed by atoms with van der Waals surface area (Å²) >= 11 is 3.38. The smallest absolute Gasteiger partial charge is 0.347 e. The van der Waals surface area contributed by atoms with Crippen molar-refractivity contribution in [3.8, 4) is 5.75 Å². The lowest BCUT2D eigenvalue weighted by Crippen LogP contribution is -2.28. The second-order valence-corrected chi connectivity index (χ2v) is 4.11. The van der Waals surface area contributed by atoms with Gasteiger partial charge in [0.1, 0.15) is 5.75 Å². The third-order valence-electron chi connectivity index (χ3n) is 2.25. The van der Waals surface area contributed by atoms with Gasteiger partial charge in [-0.3, -0.25) is 0 Å². The van der Waals surface area contributed by atoms with Crippen molar-refractivity contribution in [3.63, 3.8) is 0 Å². The quantitative estimate of drug-likeness (QED) is 0.597. The van der Waals surface area contributed by atoms with E-state index < -0.39 is 6.10 Å². The minimum absolute atomic E-state index is 0.306. The van der Waals surface area contributed by atoms with E-state index in [1.807, 2.05) is 31.2 Å². The predicted molar refractivity (Wildman–Crippen MR) is 70.4 cm³/mol. The Morgan fingerprint density at radius 3 is 2.76 bits per heavy atom. The maximum Gasteiger partial charge on any atom is 0.347 e. The highest BCUT2D eigenvalue weighted by Crippen LogP contribution is 2.18. The maximum atomic E-state index is 11.6. The lowest BCUT2D eigenvalue weighted by atomic mass is 10.2. The van der Waals surface area contributed by atoms with Crippen LogP contribution in [-0.2, 0) is 14.9 Å². The van der Waals surface area contributed by atoms with Gasteiger partial charge in [-0.25, -0.2) is 4.79 Å². The van der Waals surface area contributed by atoms with Gasteiger partial charge in [0, 0.05) is 5.33 Å². The summed E-state index contributed by atoms with van der Waals surface area (Å²) in [6.07, 6.45) is 0.0673. The van der Waals surface area contributed by atoms with E-state index in [0.29, 0.717) is 18.8 Å². The van der Waals surface area contributed by atoms with Crippen LogP contribution in [0, 0.1) is 0 Å². The van der Waals surface area contributed by atoms with Gasteiger partial charge in [-0.05, 0) is 31.0 Å². The summed E-state index contributed by atoms with van der Waals surface area (Å²) in [6.45, 7) is 4.06. The lowest BCUT2D eigenvalue weighted by molar-refractivity contribution is -0.151. The van der Waals surface area contributed by atoms with E-state index in [-0.39, 0.29) is 5.97 Å². The van der Waals surface area contributed by atoms with Gasteiger partial charge in [0.15, 0.2) is 6.10 Å².